The number of nitrogens with zero attached hydrogens (tertiary/aromatic N) is 2. The molecular weight excluding hydrogens is 310 g/mol. The van der Waals surface area contributed by atoms with E-state index in [0.29, 0.717) is 0 Å². The summed E-state index contributed by atoms with van der Waals surface area (Å²) in [4.78, 5) is 0.237. The van der Waals surface area contributed by atoms with E-state index in [0.717, 1.165) is 16.8 Å². The van der Waals surface area contributed by atoms with Gasteiger partial charge >= 0.3 is 0 Å². The van der Waals surface area contributed by atoms with Crippen molar-refractivity contribution in [3.05, 3.63) is 78.1 Å². The van der Waals surface area contributed by atoms with Crippen molar-refractivity contribution in [3.63, 3.8) is 0 Å². The summed E-state index contributed by atoms with van der Waals surface area (Å²) in [5.74, 6) is 0. The van der Waals surface area contributed by atoms with Gasteiger partial charge in [-0.1, -0.05) is 29.8 Å². The highest BCUT2D eigenvalue weighted by atomic mass is 32.2. The lowest BCUT2D eigenvalue weighted by molar-refractivity contribution is 0.581. The summed E-state index contributed by atoms with van der Waals surface area (Å²) in [7, 11) is -3.53. The maximum Gasteiger partial charge on any atom is 0.240 e. The van der Waals surface area contributed by atoms with Crippen LogP contribution in [0.2, 0.25) is 0 Å². The first-order chi connectivity index (χ1) is 11.0. The van der Waals surface area contributed by atoms with Gasteiger partial charge in [-0.2, -0.15) is 5.10 Å². The summed E-state index contributed by atoms with van der Waals surface area (Å²) in [5.41, 5.74) is 2.88. The van der Waals surface area contributed by atoms with Crippen LogP contribution in [0.5, 0.6) is 0 Å². The molecule has 0 aliphatic rings. The molecule has 0 saturated carbocycles. The SMILES string of the molecule is Cc1ccc(CNS(=O)(=O)c2ccc(-n3cccn3)cc2)cc1. The summed E-state index contributed by atoms with van der Waals surface area (Å²) >= 11 is 0. The fourth-order valence-electron chi connectivity index (χ4n) is 2.17. The molecule has 118 valence electrons. The lowest BCUT2D eigenvalue weighted by Gasteiger charge is -2.08. The lowest BCUT2D eigenvalue weighted by atomic mass is 10.2. The van der Waals surface area contributed by atoms with Crippen molar-refractivity contribution in [3.8, 4) is 5.69 Å². The van der Waals surface area contributed by atoms with Crippen molar-refractivity contribution in [2.24, 2.45) is 0 Å². The third kappa shape index (κ3) is 3.67. The smallest absolute Gasteiger partial charge is 0.240 e. The van der Waals surface area contributed by atoms with Crippen molar-refractivity contribution in [2.75, 3.05) is 0 Å². The second-order valence-electron chi connectivity index (χ2n) is 5.25. The maximum absolute atomic E-state index is 12.3. The molecule has 1 heterocycles. The molecule has 3 rings (SSSR count). The summed E-state index contributed by atoms with van der Waals surface area (Å²) in [6, 6.07) is 16.2. The number of nitrogens with one attached hydrogen (secondary N) is 1. The van der Waals surface area contributed by atoms with Gasteiger partial charge in [-0.3, -0.25) is 0 Å². The molecule has 1 aromatic heterocycles. The Kier molecular flexibility index (Phi) is 4.27. The Balaban J connectivity index is 1.73. The highest BCUT2D eigenvalue weighted by Gasteiger charge is 2.13. The number of aryl methyl sites for hydroxylation is 1. The predicted molar refractivity (Wildman–Crippen MR) is 88.8 cm³/mol. The second kappa shape index (κ2) is 6.36. The average molecular weight is 327 g/mol. The van der Waals surface area contributed by atoms with E-state index in [9.17, 15) is 8.42 Å². The van der Waals surface area contributed by atoms with E-state index in [4.69, 9.17) is 0 Å². The van der Waals surface area contributed by atoms with Gasteiger partial charge in [-0.05, 0) is 42.8 Å². The second-order valence-corrected chi connectivity index (χ2v) is 7.02. The molecule has 23 heavy (non-hydrogen) atoms. The minimum Gasteiger partial charge on any atom is -0.241 e. The zero-order chi connectivity index (χ0) is 16.3. The average Bonchev–Trinajstić information content (AvgIpc) is 3.09. The van der Waals surface area contributed by atoms with Crippen LogP contribution in [0.15, 0.2) is 71.9 Å². The number of rotatable bonds is 5. The standard InChI is InChI=1S/C17H17N3O2S/c1-14-3-5-15(6-4-14)13-19-23(21,22)17-9-7-16(8-10-17)20-12-2-11-18-20/h2-12,19H,13H2,1H3. The van der Waals surface area contributed by atoms with Crippen LogP contribution in [0, 0.1) is 6.92 Å². The van der Waals surface area contributed by atoms with Gasteiger partial charge in [0.05, 0.1) is 10.6 Å². The monoisotopic (exact) mass is 327 g/mol. The Bertz CT molecular complexity index is 869. The maximum atomic E-state index is 12.3. The zero-order valence-electron chi connectivity index (χ0n) is 12.7. The minimum atomic E-state index is -3.53. The van der Waals surface area contributed by atoms with Crippen LogP contribution in [-0.4, -0.2) is 18.2 Å². The minimum absolute atomic E-state index is 0.237. The molecule has 0 aliphatic carbocycles. The van der Waals surface area contributed by atoms with Gasteiger partial charge in [0.2, 0.25) is 10.0 Å². The van der Waals surface area contributed by atoms with Crippen molar-refractivity contribution < 1.29 is 8.42 Å². The number of hydrogen-bond donors (Lipinski definition) is 1. The van der Waals surface area contributed by atoms with Gasteiger partial charge in [0.1, 0.15) is 0 Å². The summed E-state index contributed by atoms with van der Waals surface area (Å²) < 4.78 is 29.0. The lowest BCUT2D eigenvalue weighted by Crippen LogP contribution is -2.23. The topological polar surface area (TPSA) is 64.0 Å². The largest absolute Gasteiger partial charge is 0.241 e. The van der Waals surface area contributed by atoms with Crippen LogP contribution in [0.1, 0.15) is 11.1 Å². The van der Waals surface area contributed by atoms with Crippen molar-refractivity contribution in [1.29, 1.82) is 0 Å². The third-order valence-electron chi connectivity index (χ3n) is 3.50. The third-order valence-corrected chi connectivity index (χ3v) is 4.92. The molecular formula is C17H17N3O2S. The quantitative estimate of drug-likeness (QED) is 0.783. The molecule has 0 aliphatic heterocycles. The summed E-state index contributed by atoms with van der Waals surface area (Å²) in [6.45, 7) is 2.26. The van der Waals surface area contributed by atoms with Gasteiger partial charge in [0, 0.05) is 18.9 Å². The van der Waals surface area contributed by atoms with Crippen LogP contribution in [0.3, 0.4) is 0 Å². The Morgan fingerprint density at radius 1 is 1.04 bits per heavy atom. The molecule has 3 aromatic rings. The van der Waals surface area contributed by atoms with Crippen LogP contribution in [0.25, 0.3) is 5.69 Å². The van der Waals surface area contributed by atoms with Gasteiger partial charge < -0.3 is 0 Å². The Hall–Kier alpha value is -2.44. The number of benzene rings is 2. The van der Waals surface area contributed by atoms with E-state index >= 15 is 0 Å². The highest BCUT2D eigenvalue weighted by Crippen LogP contribution is 2.14. The van der Waals surface area contributed by atoms with Crippen molar-refractivity contribution >= 4 is 10.0 Å². The molecule has 0 fully saturated rings. The molecule has 6 heteroatoms. The number of aromatic nitrogens is 2. The summed E-state index contributed by atoms with van der Waals surface area (Å²) in [5, 5.41) is 4.11. The molecule has 0 unspecified atom stereocenters. The van der Waals surface area contributed by atoms with Crippen LogP contribution < -0.4 is 4.72 Å². The van der Waals surface area contributed by atoms with Crippen LogP contribution >= 0.6 is 0 Å². The van der Waals surface area contributed by atoms with Gasteiger partial charge in [0.25, 0.3) is 0 Å². The fourth-order valence-corrected chi connectivity index (χ4v) is 3.18. The summed E-state index contributed by atoms with van der Waals surface area (Å²) in [6.07, 6.45) is 3.48. The fraction of sp³-hybridized carbons (Fsp3) is 0.118. The first-order valence-corrected chi connectivity index (χ1v) is 8.68. The van der Waals surface area contributed by atoms with Crippen LogP contribution in [-0.2, 0) is 16.6 Å². The molecule has 0 bridgehead atoms. The molecule has 0 radical (unpaired) electrons. The molecule has 0 spiro atoms. The number of sulfonamides is 1. The number of hydrogen-bond acceptors (Lipinski definition) is 3. The Morgan fingerprint density at radius 2 is 1.74 bits per heavy atom. The first-order valence-electron chi connectivity index (χ1n) is 7.20. The zero-order valence-corrected chi connectivity index (χ0v) is 13.5. The van der Waals surface area contributed by atoms with E-state index in [1.54, 1.807) is 41.3 Å². The van der Waals surface area contributed by atoms with E-state index in [-0.39, 0.29) is 11.4 Å². The molecule has 1 N–H and O–H groups in total. The van der Waals surface area contributed by atoms with Gasteiger partial charge in [-0.15, -0.1) is 0 Å². The highest BCUT2D eigenvalue weighted by molar-refractivity contribution is 7.89. The van der Waals surface area contributed by atoms with Crippen molar-refractivity contribution in [2.45, 2.75) is 18.4 Å². The Morgan fingerprint density at radius 3 is 2.35 bits per heavy atom. The molecule has 0 amide bonds. The normalized spacial score (nSPS) is 11.5. The van der Waals surface area contributed by atoms with Gasteiger partial charge in [0.15, 0.2) is 0 Å². The predicted octanol–water partition coefficient (Wildman–Crippen LogP) is 2.66. The van der Waals surface area contributed by atoms with Crippen LogP contribution in [0.4, 0.5) is 0 Å². The van der Waals surface area contributed by atoms with E-state index in [1.807, 2.05) is 37.3 Å². The molecule has 0 saturated heterocycles. The Labute approximate surface area is 135 Å². The molecule has 0 atom stereocenters. The van der Waals surface area contributed by atoms with Crippen molar-refractivity contribution in [1.82, 2.24) is 14.5 Å². The van der Waals surface area contributed by atoms with E-state index in [1.165, 1.54) is 0 Å². The van der Waals surface area contributed by atoms with E-state index in [2.05, 4.69) is 9.82 Å². The van der Waals surface area contributed by atoms with E-state index < -0.39 is 10.0 Å². The molecule has 5 nitrogen and oxygen atoms in total. The van der Waals surface area contributed by atoms with Gasteiger partial charge in [-0.25, -0.2) is 17.8 Å². The molecule has 2 aromatic carbocycles. The first kappa shape index (κ1) is 15.5.